The van der Waals surface area contributed by atoms with Gasteiger partial charge >= 0.3 is 0 Å². The molecular weight excluding hydrogens is 476 g/mol. The van der Waals surface area contributed by atoms with Crippen molar-refractivity contribution < 1.29 is 13.9 Å². The van der Waals surface area contributed by atoms with Gasteiger partial charge in [0.25, 0.3) is 0 Å². The van der Waals surface area contributed by atoms with Gasteiger partial charge in [-0.3, -0.25) is 14.3 Å². The van der Waals surface area contributed by atoms with Crippen LogP contribution in [0.15, 0.2) is 47.6 Å². The number of nitrogens with zero attached hydrogens (tertiary/aromatic N) is 4. The zero-order valence-corrected chi connectivity index (χ0v) is 19.3. The van der Waals surface area contributed by atoms with Crippen molar-refractivity contribution in [1.82, 2.24) is 19.7 Å². The standard InChI is InChI=1S/C21H20Cl2FN5O2S/c22-14-1-4-16(5-2-14)29-19(12-28-7-9-31-10-8-28)26-27-21(29)32-13-20(30)25-15-3-6-18(24)17(23)11-15/h1-6,11H,7-10,12-13H2,(H,25,30). The fraction of sp³-hybridized carbons (Fsp3) is 0.286. The highest BCUT2D eigenvalue weighted by Crippen LogP contribution is 2.25. The number of hydrogen-bond donors (Lipinski definition) is 1. The number of anilines is 1. The smallest absolute Gasteiger partial charge is 0.234 e. The van der Waals surface area contributed by atoms with Crippen LogP contribution in [0.25, 0.3) is 5.69 Å². The number of amides is 1. The number of ether oxygens (including phenoxy) is 1. The maximum atomic E-state index is 13.3. The average molecular weight is 496 g/mol. The topological polar surface area (TPSA) is 72.3 Å². The summed E-state index contributed by atoms with van der Waals surface area (Å²) in [5.41, 5.74) is 1.28. The van der Waals surface area contributed by atoms with Crippen molar-refractivity contribution in [2.24, 2.45) is 0 Å². The monoisotopic (exact) mass is 495 g/mol. The predicted octanol–water partition coefficient (Wildman–Crippen LogP) is 4.28. The van der Waals surface area contributed by atoms with Crippen molar-refractivity contribution >= 4 is 46.6 Å². The summed E-state index contributed by atoms with van der Waals surface area (Å²) in [6, 6.07) is 11.4. The van der Waals surface area contributed by atoms with Crippen LogP contribution in [0.3, 0.4) is 0 Å². The molecule has 4 rings (SSSR count). The average Bonchev–Trinajstić information content (AvgIpc) is 3.18. The molecule has 1 amide bonds. The van der Waals surface area contributed by atoms with Crippen LogP contribution in [0, 0.1) is 5.82 Å². The van der Waals surface area contributed by atoms with Gasteiger partial charge in [0.1, 0.15) is 5.82 Å². The summed E-state index contributed by atoms with van der Waals surface area (Å²) >= 11 is 13.1. The first kappa shape index (κ1) is 23.0. The van der Waals surface area contributed by atoms with Gasteiger partial charge in [-0.05, 0) is 42.5 Å². The summed E-state index contributed by atoms with van der Waals surface area (Å²) in [6.07, 6.45) is 0. The molecule has 1 aliphatic heterocycles. The predicted molar refractivity (Wildman–Crippen MR) is 123 cm³/mol. The Labute approximate surface area is 198 Å². The summed E-state index contributed by atoms with van der Waals surface area (Å²) in [5, 5.41) is 12.6. The number of hydrogen-bond acceptors (Lipinski definition) is 6. The first-order valence-corrected chi connectivity index (χ1v) is 11.6. The maximum absolute atomic E-state index is 13.3. The molecule has 32 heavy (non-hydrogen) atoms. The highest BCUT2D eigenvalue weighted by molar-refractivity contribution is 7.99. The number of halogens is 3. The van der Waals surface area contributed by atoms with Crippen LogP contribution in [0.2, 0.25) is 10.0 Å². The number of morpholine rings is 1. The lowest BCUT2D eigenvalue weighted by atomic mass is 10.3. The zero-order valence-electron chi connectivity index (χ0n) is 16.9. The Morgan fingerprint density at radius 3 is 2.59 bits per heavy atom. The molecule has 0 saturated carbocycles. The van der Waals surface area contributed by atoms with E-state index in [0.29, 0.717) is 35.6 Å². The third-order valence-corrected chi connectivity index (χ3v) is 6.26. The van der Waals surface area contributed by atoms with E-state index in [9.17, 15) is 9.18 Å². The lowest BCUT2D eigenvalue weighted by molar-refractivity contribution is -0.113. The minimum Gasteiger partial charge on any atom is -0.379 e. The molecule has 168 valence electrons. The summed E-state index contributed by atoms with van der Waals surface area (Å²) in [4.78, 5) is 14.7. The number of benzene rings is 2. The van der Waals surface area contributed by atoms with E-state index in [2.05, 4.69) is 20.4 Å². The van der Waals surface area contributed by atoms with Crippen molar-refractivity contribution in [3.8, 4) is 5.69 Å². The van der Waals surface area contributed by atoms with E-state index in [4.69, 9.17) is 27.9 Å². The van der Waals surface area contributed by atoms with Gasteiger partial charge in [0.05, 0.1) is 30.5 Å². The van der Waals surface area contributed by atoms with Crippen LogP contribution in [0.1, 0.15) is 5.82 Å². The molecule has 0 aliphatic carbocycles. The first-order valence-electron chi connectivity index (χ1n) is 9.87. The highest BCUT2D eigenvalue weighted by atomic mass is 35.5. The fourth-order valence-corrected chi connectivity index (χ4v) is 4.28. The van der Waals surface area contributed by atoms with Gasteiger partial charge in [-0.15, -0.1) is 10.2 Å². The Bertz CT molecular complexity index is 1090. The second-order valence-corrected chi connectivity index (χ2v) is 8.85. The Morgan fingerprint density at radius 1 is 1.12 bits per heavy atom. The van der Waals surface area contributed by atoms with Gasteiger partial charge in [-0.1, -0.05) is 35.0 Å². The van der Waals surface area contributed by atoms with Crippen LogP contribution in [0.5, 0.6) is 0 Å². The van der Waals surface area contributed by atoms with Crippen LogP contribution in [-0.2, 0) is 16.1 Å². The van der Waals surface area contributed by atoms with Crippen molar-refractivity contribution in [3.63, 3.8) is 0 Å². The Morgan fingerprint density at radius 2 is 1.88 bits per heavy atom. The molecule has 0 unspecified atom stereocenters. The molecule has 1 aliphatic rings. The van der Waals surface area contributed by atoms with Gasteiger partial charge in [0, 0.05) is 29.5 Å². The molecular formula is C21H20Cl2FN5O2S. The van der Waals surface area contributed by atoms with E-state index in [1.807, 2.05) is 16.7 Å². The molecule has 0 atom stereocenters. The minimum atomic E-state index is -0.539. The quantitative estimate of drug-likeness (QED) is 0.493. The highest BCUT2D eigenvalue weighted by Gasteiger charge is 2.20. The first-order chi connectivity index (χ1) is 15.5. The largest absolute Gasteiger partial charge is 0.379 e. The molecule has 0 radical (unpaired) electrons. The number of nitrogens with one attached hydrogen (secondary N) is 1. The molecule has 11 heteroatoms. The molecule has 1 saturated heterocycles. The van der Waals surface area contributed by atoms with E-state index in [1.165, 1.54) is 30.0 Å². The zero-order chi connectivity index (χ0) is 22.5. The van der Waals surface area contributed by atoms with Crippen molar-refractivity contribution in [2.75, 3.05) is 37.4 Å². The van der Waals surface area contributed by atoms with Gasteiger partial charge in [-0.2, -0.15) is 0 Å². The molecule has 2 heterocycles. The Kier molecular flexibility index (Phi) is 7.64. The van der Waals surface area contributed by atoms with Crippen LogP contribution >= 0.6 is 35.0 Å². The normalized spacial score (nSPS) is 14.5. The number of rotatable bonds is 7. The van der Waals surface area contributed by atoms with Crippen LogP contribution in [-0.4, -0.2) is 57.6 Å². The molecule has 7 nitrogen and oxygen atoms in total. The van der Waals surface area contributed by atoms with Crippen LogP contribution in [0.4, 0.5) is 10.1 Å². The summed E-state index contributed by atoms with van der Waals surface area (Å²) in [5.74, 6) is 0.0570. The van der Waals surface area contributed by atoms with Crippen molar-refractivity contribution in [1.29, 1.82) is 0 Å². The molecule has 1 N–H and O–H groups in total. The Balaban J connectivity index is 1.50. The van der Waals surface area contributed by atoms with Crippen molar-refractivity contribution in [3.05, 3.63) is 64.2 Å². The van der Waals surface area contributed by atoms with Crippen molar-refractivity contribution in [2.45, 2.75) is 11.7 Å². The number of aromatic nitrogens is 3. The lowest BCUT2D eigenvalue weighted by Gasteiger charge is -2.26. The summed E-state index contributed by atoms with van der Waals surface area (Å²) in [7, 11) is 0. The second kappa shape index (κ2) is 10.6. The van der Waals surface area contributed by atoms with Gasteiger partial charge in [0.2, 0.25) is 5.91 Å². The third kappa shape index (κ3) is 5.79. The van der Waals surface area contributed by atoms with Crippen LogP contribution < -0.4 is 5.32 Å². The Hall–Kier alpha value is -2.17. The maximum Gasteiger partial charge on any atom is 0.234 e. The molecule has 3 aromatic rings. The second-order valence-electron chi connectivity index (χ2n) is 7.06. The number of carbonyl (C=O) groups excluding carboxylic acids is 1. The molecule has 0 spiro atoms. The van der Waals surface area contributed by atoms with E-state index < -0.39 is 5.82 Å². The third-order valence-electron chi connectivity index (χ3n) is 4.79. The number of carbonyl (C=O) groups is 1. The van der Waals surface area contributed by atoms with E-state index in [-0.39, 0.29) is 16.7 Å². The van der Waals surface area contributed by atoms with Gasteiger partial charge in [0.15, 0.2) is 11.0 Å². The number of thioether (sulfide) groups is 1. The SMILES string of the molecule is O=C(CSc1nnc(CN2CCOCC2)n1-c1ccc(Cl)cc1)Nc1ccc(F)c(Cl)c1. The summed E-state index contributed by atoms with van der Waals surface area (Å²) < 4.78 is 20.7. The molecule has 0 bridgehead atoms. The fourth-order valence-electron chi connectivity index (χ4n) is 3.21. The molecule has 1 fully saturated rings. The van der Waals surface area contributed by atoms with E-state index >= 15 is 0 Å². The summed E-state index contributed by atoms with van der Waals surface area (Å²) in [6.45, 7) is 3.62. The van der Waals surface area contributed by atoms with Gasteiger partial charge < -0.3 is 10.1 Å². The molecule has 2 aromatic carbocycles. The van der Waals surface area contributed by atoms with Gasteiger partial charge in [-0.25, -0.2) is 4.39 Å². The van der Waals surface area contributed by atoms with E-state index in [0.717, 1.165) is 24.6 Å². The van der Waals surface area contributed by atoms with E-state index in [1.54, 1.807) is 12.1 Å². The minimum absolute atomic E-state index is 0.0503. The molecule has 1 aromatic heterocycles. The lowest BCUT2D eigenvalue weighted by Crippen LogP contribution is -2.36.